The molecule has 0 aliphatic carbocycles. The Hall–Kier alpha value is -2.59. The van der Waals surface area contributed by atoms with Gasteiger partial charge >= 0.3 is 0 Å². The van der Waals surface area contributed by atoms with Crippen molar-refractivity contribution in [1.29, 1.82) is 0 Å². The lowest BCUT2D eigenvalue weighted by molar-refractivity contribution is 0.983. The van der Waals surface area contributed by atoms with Crippen LogP contribution in [0.3, 0.4) is 0 Å². The fourth-order valence-electron chi connectivity index (χ4n) is 2.57. The Morgan fingerprint density at radius 3 is 2.48 bits per heavy atom. The zero-order chi connectivity index (χ0) is 17.6. The second-order valence-corrected chi connectivity index (χ2v) is 6.37. The Morgan fingerprint density at radius 1 is 0.920 bits per heavy atom. The van der Waals surface area contributed by atoms with Crippen LogP contribution in [0.1, 0.15) is 17.0 Å². The Labute approximate surface area is 153 Å². The maximum absolute atomic E-state index is 6.09. The molecule has 0 spiro atoms. The Balaban J connectivity index is 1.68. The van der Waals surface area contributed by atoms with Gasteiger partial charge in [0, 0.05) is 23.3 Å². The van der Waals surface area contributed by atoms with Crippen LogP contribution in [0.2, 0.25) is 5.02 Å². The van der Waals surface area contributed by atoms with Gasteiger partial charge in [0.2, 0.25) is 0 Å². The number of anilines is 3. The topological polar surface area (TPSA) is 49.8 Å². The third-order valence-corrected chi connectivity index (χ3v) is 4.10. The number of aryl methyl sites for hydroxylation is 2. The standard InChI is InChI=1S/C20H21ClN4/c1-14-8-9-17(21)12-18(14)25-20-13-19(23-15(2)24-20)22-11-10-16-6-4-3-5-7-16/h3-9,12-13H,10-11H2,1-2H3,(H2,22,23,24,25). The molecule has 3 aromatic rings. The lowest BCUT2D eigenvalue weighted by Crippen LogP contribution is -2.08. The van der Waals surface area contributed by atoms with Crippen molar-refractivity contribution in [1.82, 2.24) is 9.97 Å². The minimum absolute atomic E-state index is 0.695. The van der Waals surface area contributed by atoms with E-state index in [1.807, 2.05) is 44.2 Å². The quantitative estimate of drug-likeness (QED) is 0.644. The number of nitrogens with zero attached hydrogens (tertiary/aromatic N) is 2. The van der Waals surface area contributed by atoms with Gasteiger partial charge < -0.3 is 10.6 Å². The van der Waals surface area contributed by atoms with Crippen molar-refractivity contribution in [2.45, 2.75) is 20.3 Å². The molecule has 0 aliphatic heterocycles. The van der Waals surface area contributed by atoms with Crippen LogP contribution < -0.4 is 10.6 Å². The van der Waals surface area contributed by atoms with Crippen molar-refractivity contribution < 1.29 is 0 Å². The first-order valence-electron chi connectivity index (χ1n) is 8.27. The molecule has 0 bridgehead atoms. The average Bonchev–Trinajstić information content (AvgIpc) is 2.59. The van der Waals surface area contributed by atoms with Gasteiger partial charge in [-0.1, -0.05) is 48.0 Å². The van der Waals surface area contributed by atoms with Crippen molar-refractivity contribution in [3.63, 3.8) is 0 Å². The summed E-state index contributed by atoms with van der Waals surface area (Å²) < 4.78 is 0. The van der Waals surface area contributed by atoms with Crippen LogP contribution in [0.25, 0.3) is 0 Å². The van der Waals surface area contributed by atoms with Gasteiger partial charge in [-0.2, -0.15) is 0 Å². The molecular weight excluding hydrogens is 332 g/mol. The molecule has 3 rings (SSSR count). The zero-order valence-electron chi connectivity index (χ0n) is 14.4. The molecule has 0 amide bonds. The normalized spacial score (nSPS) is 10.5. The van der Waals surface area contributed by atoms with E-state index < -0.39 is 0 Å². The lowest BCUT2D eigenvalue weighted by atomic mass is 10.1. The van der Waals surface area contributed by atoms with Gasteiger partial charge in [-0.15, -0.1) is 0 Å². The van der Waals surface area contributed by atoms with Crippen LogP contribution in [0, 0.1) is 13.8 Å². The van der Waals surface area contributed by atoms with E-state index in [0.717, 1.165) is 35.9 Å². The summed E-state index contributed by atoms with van der Waals surface area (Å²) in [6.07, 6.45) is 0.944. The third kappa shape index (κ3) is 4.94. The van der Waals surface area contributed by atoms with Gasteiger partial charge in [-0.05, 0) is 43.5 Å². The van der Waals surface area contributed by atoms with Gasteiger partial charge in [0.15, 0.2) is 0 Å². The fraction of sp³-hybridized carbons (Fsp3) is 0.200. The summed E-state index contributed by atoms with van der Waals surface area (Å²) in [6, 6.07) is 18.1. The van der Waals surface area contributed by atoms with E-state index in [1.165, 1.54) is 5.56 Å². The Morgan fingerprint density at radius 2 is 1.68 bits per heavy atom. The van der Waals surface area contributed by atoms with Crippen LogP contribution in [-0.4, -0.2) is 16.5 Å². The summed E-state index contributed by atoms with van der Waals surface area (Å²) in [7, 11) is 0. The molecule has 0 aliphatic rings. The predicted molar refractivity (Wildman–Crippen MR) is 105 cm³/mol. The highest BCUT2D eigenvalue weighted by Crippen LogP contribution is 2.24. The van der Waals surface area contributed by atoms with Gasteiger partial charge in [0.05, 0.1) is 0 Å². The molecule has 0 saturated heterocycles. The fourth-order valence-corrected chi connectivity index (χ4v) is 2.74. The minimum atomic E-state index is 0.695. The van der Waals surface area contributed by atoms with Gasteiger partial charge in [0.25, 0.3) is 0 Å². The highest BCUT2D eigenvalue weighted by Gasteiger charge is 2.05. The smallest absolute Gasteiger partial charge is 0.136 e. The van der Waals surface area contributed by atoms with Crippen molar-refractivity contribution in [3.05, 3.63) is 76.6 Å². The Kier molecular flexibility index (Phi) is 5.51. The van der Waals surface area contributed by atoms with Crippen molar-refractivity contribution in [2.24, 2.45) is 0 Å². The van der Waals surface area contributed by atoms with Crippen molar-refractivity contribution in [2.75, 3.05) is 17.2 Å². The second-order valence-electron chi connectivity index (χ2n) is 5.93. The summed E-state index contributed by atoms with van der Waals surface area (Å²) in [5.74, 6) is 2.28. The first kappa shape index (κ1) is 17.2. The van der Waals surface area contributed by atoms with E-state index in [2.05, 4.69) is 44.9 Å². The SMILES string of the molecule is Cc1nc(NCCc2ccccc2)cc(Nc2cc(Cl)ccc2C)n1. The first-order chi connectivity index (χ1) is 12.1. The summed E-state index contributed by atoms with van der Waals surface area (Å²) >= 11 is 6.09. The Bertz CT molecular complexity index is 850. The molecular formula is C20H21ClN4. The summed E-state index contributed by atoms with van der Waals surface area (Å²) in [5.41, 5.74) is 3.36. The highest BCUT2D eigenvalue weighted by atomic mass is 35.5. The number of aromatic nitrogens is 2. The molecule has 0 saturated carbocycles. The molecule has 2 aromatic carbocycles. The van der Waals surface area contributed by atoms with Crippen LogP contribution in [0.4, 0.5) is 17.3 Å². The molecule has 2 N–H and O–H groups in total. The maximum Gasteiger partial charge on any atom is 0.136 e. The molecule has 0 radical (unpaired) electrons. The number of halogens is 1. The van der Waals surface area contributed by atoms with Crippen LogP contribution in [0.5, 0.6) is 0 Å². The second kappa shape index (κ2) is 7.99. The number of hydrogen-bond donors (Lipinski definition) is 2. The third-order valence-electron chi connectivity index (χ3n) is 3.86. The molecule has 0 fully saturated rings. The van der Waals surface area contributed by atoms with Crippen molar-refractivity contribution >= 4 is 28.9 Å². The van der Waals surface area contributed by atoms with Crippen LogP contribution in [-0.2, 0) is 6.42 Å². The largest absolute Gasteiger partial charge is 0.370 e. The predicted octanol–water partition coefficient (Wildman–Crippen LogP) is 5.15. The molecule has 128 valence electrons. The highest BCUT2D eigenvalue weighted by molar-refractivity contribution is 6.30. The van der Waals surface area contributed by atoms with E-state index in [4.69, 9.17) is 11.6 Å². The number of hydrogen-bond acceptors (Lipinski definition) is 4. The molecule has 1 heterocycles. The van der Waals surface area contributed by atoms with E-state index in [0.29, 0.717) is 10.8 Å². The first-order valence-corrected chi connectivity index (χ1v) is 8.64. The monoisotopic (exact) mass is 352 g/mol. The number of nitrogens with one attached hydrogen (secondary N) is 2. The van der Waals surface area contributed by atoms with Gasteiger partial charge in [-0.25, -0.2) is 9.97 Å². The maximum atomic E-state index is 6.09. The molecule has 5 heteroatoms. The average molecular weight is 353 g/mol. The lowest BCUT2D eigenvalue weighted by Gasteiger charge is -2.12. The van der Waals surface area contributed by atoms with E-state index in [1.54, 1.807) is 0 Å². The van der Waals surface area contributed by atoms with E-state index >= 15 is 0 Å². The van der Waals surface area contributed by atoms with Crippen LogP contribution in [0.15, 0.2) is 54.6 Å². The molecule has 1 aromatic heterocycles. The van der Waals surface area contributed by atoms with E-state index in [9.17, 15) is 0 Å². The summed E-state index contributed by atoms with van der Waals surface area (Å²) in [4.78, 5) is 8.92. The molecule has 0 atom stereocenters. The minimum Gasteiger partial charge on any atom is -0.370 e. The summed E-state index contributed by atoms with van der Waals surface area (Å²) in [6.45, 7) is 4.74. The van der Waals surface area contributed by atoms with Gasteiger partial charge in [0.1, 0.15) is 17.5 Å². The van der Waals surface area contributed by atoms with Crippen molar-refractivity contribution in [3.8, 4) is 0 Å². The van der Waals surface area contributed by atoms with E-state index in [-0.39, 0.29) is 0 Å². The molecule has 25 heavy (non-hydrogen) atoms. The summed E-state index contributed by atoms with van der Waals surface area (Å²) in [5, 5.41) is 7.39. The molecule has 4 nitrogen and oxygen atoms in total. The number of benzene rings is 2. The molecule has 0 unspecified atom stereocenters. The zero-order valence-corrected chi connectivity index (χ0v) is 15.1. The number of rotatable bonds is 6. The van der Waals surface area contributed by atoms with Gasteiger partial charge in [-0.3, -0.25) is 0 Å². The van der Waals surface area contributed by atoms with Crippen LogP contribution >= 0.6 is 11.6 Å².